The van der Waals surface area contributed by atoms with Crippen molar-refractivity contribution in [3.8, 4) is 11.4 Å². The van der Waals surface area contributed by atoms with Crippen LogP contribution in [0.4, 0.5) is 8.78 Å². The van der Waals surface area contributed by atoms with Crippen LogP contribution in [0.1, 0.15) is 18.9 Å². The second-order valence-corrected chi connectivity index (χ2v) is 6.56. The van der Waals surface area contributed by atoms with Gasteiger partial charge in [0.15, 0.2) is 5.82 Å². The van der Waals surface area contributed by atoms with Gasteiger partial charge in [-0.15, -0.1) is 10.2 Å². The molecule has 1 aliphatic rings. The highest BCUT2D eigenvalue weighted by atomic mass is 35.5. The summed E-state index contributed by atoms with van der Waals surface area (Å²) in [5, 5.41) is 11.4. The maximum Gasteiger partial charge on any atom is 0.273 e. The maximum absolute atomic E-state index is 14.0. The number of nitrogens with two attached hydrogens (primary N) is 1. The molecule has 1 aliphatic carbocycles. The van der Waals surface area contributed by atoms with Crippen LogP contribution in [0.3, 0.4) is 0 Å². The molecule has 1 fully saturated rings. The third-order valence-electron chi connectivity index (χ3n) is 3.08. The zero-order valence-electron chi connectivity index (χ0n) is 10.4. The molecule has 10 heteroatoms. The van der Waals surface area contributed by atoms with Crippen LogP contribution in [0.15, 0.2) is 17.3 Å². The Bertz CT molecular complexity index is 833. The van der Waals surface area contributed by atoms with E-state index in [1.54, 1.807) is 0 Å². The fraction of sp³-hybridized carbons (Fsp3) is 0.273. The van der Waals surface area contributed by atoms with Crippen molar-refractivity contribution in [2.24, 2.45) is 5.14 Å². The SMILES string of the molecule is NS(=O)(=O)c1nnc(-c2cc(F)c(Cl)cc2F)n1C1CC1. The van der Waals surface area contributed by atoms with Gasteiger partial charge < -0.3 is 0 Å². The summed E-state index contributed by atoms with van der Waals surface area (Å²) in [5.41, 5.74) is -0.216. The van der Waals surface area contributed by atoms with Crippen LogP contribution in [0.2, 0.25) is 5.02 Å². The first-order valence-corrected chi connectivity index (χ1v) is 7.84. The number of halogens is 3. The van der Waals surface area contributed by atoms with Crippen molar-refractivity contribution in [3.63, 3.8) is 0 Å². The summed E-state index contributed by atoms with van der Waals surface area (Å²) in [4.78, 5) is 0. The van der Waals surface area contributed by atoms with Crippen molar-refractivity contribution < 1.29 is 17.2 Å². The van der Waals surface area contributed by atoms with Gasteiger partial charge in [0, 0.05) is 6.04 Å². The van der Waals surface area contributed by atoms with Crippen molar-refractivity contribution in [1.82, 2.24) is 14.8 Å². The summed E-state index contributed by atoms with van der Waals surface area (Å²) >= 11 is 5.49. The number of nitrogens with zero attached hydrogens (tertiary/aromatic N) is 3. The van der Waals surface area contributed by atoms with Crippen LogP contribution >= 0.6 is 11.6 Å². The van der Waals surface area contributed by atoms with Gasteiger partial charge in [0.1, 0.15) is 11.6 Å². The molecule has 0 bridgehead atoms. The van der Waals surface area contributed by atoms with Gasteiger partial charge in [-0.05, 0) is 25.0 Å². The topological polar surface area (TPSA) is 90.9 Å². The van der Waals surface area contributed by atoms with Crippen molar-refractivity contribution in [1.29, 1.82) is 0 Å². The summed E-state index contributed by atoms with van der Waals surface area (Å²) in [5.74, 6) is -1.75. The Morgan fingerprint density at radius 2 is 1.90 bits per heavy atom. The summed E-state index contributed by atoms with van der Waals surface area (Å²) in [6.45, 7) is 0. The second kappa shape index (κ2) is 4.72. The van der Waals surface area contributed by atoms with E-state index in [0.717, 1.165) is 12.1 Å². The Kier molecular flexibility index (Phi) is 3.23. The van der Waals surface area contributed by atoms with E-state index < -0.39 is 26.8 Å². The molecule has 0 unspecified atom stereocenters. The number of hydrogen-bond donors (Lipinski definition) is 1. The molecule has 0 atom stereocenters. The Hall–Kier alpha value is -1.58. The number of hydrogen-bond acceptors (Lipinski definition) is 4. The monoisotopic (exact) mass is 334 g/mol. The molecule has 1 aromatic heterocycles. The average molecular weight is 335 g/mol. The number of rotatable bonds is 3. The fourth-order valence-electron chi connectivity index (χ4n) is 2.01. The van der Waals surface area contributed by atoms with Gasteiger partial charge in [-0.3, -0.25) is 4.57 Å². The third kappa shape index (κ3) is 2.52. The Morgan fingerprint density at radius 1 is 1.24 bits per heavy atom. The van der Waals surface area contributed by atoms with E-state index >= 15 is 0 Å². The summed E-state index contributed by atoms with van der Waals surface area (Å²) in [7, 11) is -4.11. The van der Waals surface area contributed by atoms with Gasteiger partial charge in [0.2, 0.25) is 0 Å². The largest absolute Gasteiger partial charge is 0.294 e. The molecule has 6 nitrogen and oxygen atoms in total. The molecular weight excluding hydrogens is 326 g/mol. The van der Waals surface area contributed by atoms with Gasteiger partial charge in [0.25, 0.3) is 15.2 Å². The van der Waals surface area contributed by atoms with Crippen LogP contribution in [-0.4, -0.2) is 23.2 Å². The zero-order valence-corrected chi connectivity index (χ0v) is 12.0. The molecule has 1 aromatic carbocycles. The highest BCUT2D eigenvalue weighted by molar-refractivity contribution is 7.89. The Morgan fingerprint density at radius 3 is 2.48 bits per heavy atom. The van der Waals surface area contributed by atoms with E-state index in [4.69, 9.17) is 16.7 Å². The van der Waals surface area contributed by atoms with Crippen molar-refractivity contribution in [2.75, 3.05) is 0 Å². The van der Waals surface area contributed by atoms with Crippen LogP contribution in [0.25, 0.3) is 11.4 Å². The van der Waals surface area contributed by atoms with Gasteiger partial charge in [-0.1, -0.05) is 11.6 Å². The van der Waals surface area contributed by atoms with Gasteiger partial charge in [0.05, 0.1) is 10.6 Å². The quantitative estimate of drug-likeness (QED) is 0.867. The van der Waals surface area contributed by atoms with E-state index in [1.807, 2.05) is 0 Å². The number of aromatic nitrogens is 3. The fourth-order valence-corrected chi connectivity index (χ4v) is 2.83. The lowest BCUT2D eigenvalue weighted by Gasteiger charge is -2.09. The van der Waals surface area contributed by atoms with E-state index in [1.165, 1.54) is 4.57 Å². The van der Waals surface area contributed by atoms with E-state index in [9.17, 15) is 17.2 Å². The normalized spacial score (nSPS) is 15.4. The first kappa shape index (κ1) is 14.4. The lowest BCUT2D eigenvalue weighted by Crippen LogP contribution is -2.18. The van der Waals surface area contributed by atoms with Crippen LogP contribution in [-0.2, 0) is 10.0 Å². The molecule has 1 saturated carbocycles. The minimum atomic E-state index is -4.11. The van der Waals surface area contributed by atoms with Gasteiger partial charge in [-0.2, -0.15) is 0 Å². The number of sulfonamides is 1. The molecule has 0 saturated heterocycles. The summed E-state index contributed by atoms with van der Waals surface area (Å²) < 4.78 is 51.7. The highest BCUT2D eigenvalue weighted by Crippen LogP contribution is 2.40. The van der Waals surface area contributed by atoms with Crippen LogP contribution in [0.5, 0.6) is 0 Å². The molecule has 2 aromatic rings. The van der Waals surface area contributed by atoms with Crippen LogP contribution in [0, 0.1) is 11.6 Å². The van der Waals surface area contributed by atoms with Crippen LogP contribution < -0.4 is 5.14 Å². The molecule has 112 valence electrons. The summed E-state index contributed by atoms with van der Waals surface area (Å²) in [6.07, 6.45) is 1.37. The van der Waals surface area contributed by atoms with Gasteiger partial charge >= 0.3 is 0 Å². The summed E-state index contributed by atoms with van der Waals surface area (Å²) in [6, 6.07) is 1.46. The first-order valence-electron chi connectivity index (χ1n) is 5.91. The molecule has 1 heterocycles. The zero-order chi connectivity index (χ0) is 15.4. The number of primary sulfonamides is 1. The Labute approximate surface area is 123 Å². The molecule has 3 rings (SSSR count). The predicted molar refractivity (Wildman–Crippen MR) is 70.0 cm³/mol. The first-order chi connectivity index (χ1) is 9.79. The molecule has 21 heavy (non-hydrogen) atoms. The molecule has 0 amide bonds. The molecule has 0 aliphatic heterocycles. The molecule has 2 N–H and O–H groups in total. The van der Waals surface area contributed by atoms with Crippen molar-refractivity contribution in [3.05, 3.63) is 28.8 Å². The highest BCUT2D eigenvalue weighted by Gasteiger charge is 2.34. The van der Waals surface area contributed by atoms with Crippen molar-refractivity contribution in [2.45, 2.75) is 24.0 Å². The van der Waals surface area contributed by atoms with E-state index in [-0.39, 0.29) is 22.5 Å². The second-order valence-electron chi connectivity index (χ2n) is 4.70. The smallest absolute Gasteiger partial charge is 0.273 e. The predicted octanol–water partition coefficient (Wildman–Crippen LogP) is 1.86. The van der Waals surface area contributed by atoms with Gasteiger partial charge in [-0.25, -0.2) is 22.3 Å². The van der Waals surface area contributed by atoms with E-state index in [0.29, 0.717) is 12.8 Å². The molecule has 0 spiro atoms. The van der Waals surface area contributed by atoms with Crippen molar-refractivity contribution >= 4 is 21.6 Å². The Balaban J connectivity index is 2.25. The maximum atomic E-state index is 14.0. The molecule has 0 radical (unpaired) electrons. The third-order valence-corrected chi connectivity index (χ3v) is 4.16. The average Bonchev–Trinajstić information content (AvgIpc) is 3.11. The number of benzene rings is 1. The lowest BCUT2D eigenvalue weighted by atomic mass is 10.2. The minimum absolute atomic E-state index is 0.0883. The lowest BCUT2D eigenvalue weighted by molar-refractivity contribution is 0.565. The standard InChI is InChI=1S/C11H9ClF2N4O2S/c12-7-4-8(13)6(3-9(7)14)10-16-17-11(21(15,19)20)18(10)5-1-2-5/h3-5H,1-2H2,(H2,15,19,20). The minimum Gasteiger partial charge on any atom is -0.294 e. The van der Waals surface area contributed by atoms with E-state index in [2.05, 4.69) is 10.2 Å². The molecular formula is C11H9ClF2N4O2S.